The van der Waals surface area contributed by atoms with Gasteiger partial charge in [-0.2, -0.15) is 0 Å². The first-order chi connectivity index (χ1) is 14.1. The number of methoxy groups -OCH3 is 2. The van der Waals surface area contributed by atoms with Crippen LogP contribution in [0.2, 0.25) is 0 Å². The Kier molecular flexibility index (Phi) is 7.31. The van der Waals surface area contributed by atoms with Crippen molar-refractivity contribution in [1.82, 2.24) is 15.1 Å². The summed E-state index contributed by atoms with van der Waals surface area (Å²) in [5, 5.41) is 10.4. The molecule has 0 aliphatic heterocycles. The van der Waals surface area contributed by atoms with E-state index >= 15 is 0 Å². The number of thiophene rings is 1. The molecule has 3 aromatic rings. The number of benzene rings is 1. The number of aromatic nitrogens is 2. The summed E-state index contributed by atoms with van der Waals surface area (Å²) in [7, 11) is 3.15. The van der Waals surface area contributed by atoms with E-state index < -0.39 is 0 Å². The zero-order chi connectivity index (χ0) is 20.6. The molecule has 7 nitrogen and oxygen atoms in total. The van der Waals surface area contributed by atoms with E-state index in [4.69, 9.17) is 13.9 Å². The Morgan fingerprint density at radius 2 is 2.03 bits per heavy atom. The van der Waals surface area contributed by atoms with Crippen LogP contribution in [-0.4, -0.2) is 47.5 Å². The maximum Gasteiger partial charge on any atom is 0.277 e. The predicted octanol–water partition coefficient (Wildman–Crippen LogP) is 4.12. The molecule has 1 amide bonds. The molecule has 152 valence electrons. The Balaban J connectivity index is 1.65. The van der Waals surface area contributed by atoms with Gasteiger partial charge >= 0.3 is 0 Å². The van der Waals surface area contributed by atoms with Crippen LogP contribution in [-0.2, 0) is 11.3 Å². The topological polar surface area (TPSA) is 77.7 Å². The van der Waals surface area contributed by atoms with Gasteiger partial charge < -0.3 is 18.8 Å². The third-order valence-corrected chi connectivity index (χ3v) is 5.62. The number of ether oxygens (including phenoxy) is 2. The molecule has 29 heavy (non-hydrogen) atoms. The summed E-state index contributed by atoms with van der Waals surface area (Å²) in [4.78, 5) is 15.5. The number of thioether (sulfide) groups is 1. The molecule has 2 aromatic heterocycles. The van der Waals surface area contributed by atoms with E-state index in [9.17, 15) is 4.79 Å². The number of rotatable bonds is 10. The Bertz CT molecular complexity index is 934. The molecule has 0 aliphatic rings. The second-order valence-corrected chi connectivity index (χ2v) is 7.86. The van der Waals surface area contributed by atoms with Crippen LogP contribution >= 0.6 is 23.1 Å². The lowest BCUT2D eigenvalue weighted by atomic mass is 10.2. The van der Waals surface area contributed by atoms with Gasteiger partial charge in [0, 0.05) is 23.1 Å². The van der Waals surface area contributed by atoms with Gasteiger partial charge in [0.05, 0.1) is 26.5 Å². The number of carbonyl (C=O) groups excluding carboxylic acids is 1. The molecular weight excluding hydrogens is 410 g/mol. The molecule has 0 atom stereocenters. The highest BCUT2D eigenvalue weighted by molar-refractivity contribution is 7.99. The smallest absolute Gasteiger partial charge is 0.277 e. The van der Waals surface area contributed by atoms with Crippen LogP contribution in [0.4, 0.5) is 0 Å². The van der Waals surface area contributed by atoms with E-state index in [-0.39, 0.29) is 11.7 Å². The standard InChI is InChI=1S/C20H21N3O4S2/c1-4-7-23(12-17-6-5-8-28-17)18(24)13-29-20-22-21-19(27-20)14-9-15(25-2)11-16(10-14)26-3/h4-6,8-11H,1,7,12-13H2,2-3H3. The molecule has 0 unspecified atom stereocenters. The fourth-order valence-corrected chi connectivity index (χ4v) is 3.92. The lowest BCUT2D eigenvalue weighted by Crippen LogP contribution is -2.31. The van der Waals surface area contributed by atoms with Crippen molar-refractivity contribution in [3.63, 3.8) is 0 Å². The lowest BCUT2D eigenvalue weighted by Gasteiger charge is -2.19. The van der Waals surface area contributed by atoms with E-state index in [1.165, 1.54) is 11.8 Å². The van der Waals surface area contributed by atoms with Crippen molar-refractivity contribution >= 4 is 29.0 Å². The van der Waals surface area contributed by atoms with Gasteiger partial charge in [0.1, 0.15) is 11.5 Å². The molecule has 1 aromatic carbocycles. The van der Waals surface area contributed by atoms with Crippen LogP contribution in [0.25, 0.3) is 11.5 Å². The van der Waals surface area contributed by atoms with Crippen molar-refractivity contribution in [3.8, 4) is 23.0 Å². The number of nitrogens with zero attached hydrogens (tertiary/aromatic N) is 3. The predicted molar refractivity (Wildman–Crippen MR) is 113 cm³/mol. The van der Waals surface area contributed by atoms with Gasteiger partial charge in [0.15, 0.2) is 0 Å². The fraction of sp³-hybridized carbons (Fsp3) is 0.250. The number of hydrogen-bond donors (Lipinski definition) is 0. The molecule has 0 N–H and O–H groups in total. The number of amides is 1. The van der Waals surface area contributed by atoms with E-state index in [1.54, 1.807) is 54.7 Å². The van der Waals surface area contributed by atoms with Crippen molar-refractivity contribution in [2.45, 2.75) is 11.8 Å². The SMILES string of the molecule is C=CCN(Cc1cccs1)C(=O)CSc1nnc(-c2cc(OC)cc(OC)c2)o1. The normalized spacial score (nSPS) is 10.6. The van der Waals surface area contributed by atoms with Gasteiger partial charge in [-0.05, 0) is 23.6 Å². The minimum Gasteiger partial charge on any atom is -0.497 e. The maximum atomic E-state index is 12.6. The van der Waals surface area contributed by atoms with Crippen molar-refractivity contribution < 1.29 is 18.7 Å². The summed E-state index contributed by atoms with van der Waals surface area (Å²) in [6.45, 7) is 4.78. The molecule has 9 heteroatoms. The summed E-state index contributed by atoms with van der Waals surface area (Å²) >= 11 is 2.83. The zero-order valence-corrected chi connectivity index (χ0v) is 17.8. The molecule has 0 fully saturated rings. The highest BCUT2D eigenvalue weighted by Gasteiger charge is 2.17. The minimum atomic E-state index is -0.0221. The van der Waals surface area contributed by atoms with E-state index in [0.29, 0.717) is 41.3 Å². The molecule has 3 rings (SSSR count). The monoisotopic (exact) mass is 431 g/mol. The highest BCUT2D eigenvalue weighted by atomic mass is 32.2. The fourth-order valence-electron chi connectivity index (χ4n) is 2.53. The molecule has 0 spiro atoms. The van der Waals surface area contributed by atoms with Gasteiger partial charge in [0.2, 0.25) is 11.8 Å². The third-order valence-electron chi connectivity index (χ3n) is 3.95. The first-order valence-electron chi connectivity index (χ1n) is 8.73. The van der Waals surface area contributed by atoms with Crippen molar-refractivity contribution in [2.75, 3.05) is 26.5 Å². The van der Waals surface area contributed by atoms with Crippen LogP contribution in [0.5, 0.6) is 11.5 Å². The molecule has 0 bridgehead atoms. The van der Waals surface area contributed by atoms with Crippen LogP contribution in [0.3, 0.4) is 0 Å². The molecule has 0 saturated heterocycles. The lowest BCUT2D eigenvalue weighted by molar-refractivity contribution is -0.128. The Morgan fingerprint density at radius 3 is 2.66 bits per heavy atom. The number of hydrogen-bond acceptors (Lipinski definition) is 8. The van der Waals surface area contributed by atoms with Gasteiger partial charge in [-0.1, -0.05) is 23.9 Å². The summed E-state index contributed by atoms with van der Waals surface area (Å²) < 4.78 is 16.2. The largest absolute Gasteiger partial charge is 0.497 e. The molecule has 0 radical (unpaired) electrons. The van der Waals surface area contributed by atoms with Crippen LogP contribution in [0.15, 0.2) is 58.0 Å². The Labute approximate surface area is 177 Å². The molecular formula is C20H21N3O4S2. The Hall–Kier alpha value is -2.78. The van der Waals surface area contributed by atoms with Gasteiger partial charge in [0.25, 0.3) is 5.22 Å². The van der Waals surface area contributed by atoms with E-state index in [2.05, 4.69) is 16.8 Å². The summed E-state index contributed by atoms with van der Waals surface area (Å²) in [5.74, 6) is 1.75. The molecule has 0 aliphatic carbocycles. The molecule has 0 saturated carbocycles. The van der Waals surface area contributed by atoms with Crippen molar-refractivity contribution in [1.29, 1.82) is 0 Å². The second kappa shape index (κ2) is 10.1. The van der Waals surface area contributed by atoms with Gasteiger partial charge in [-0.3, -0.25) is 4.79 Å². The van der Waals surface area contributed by atoms with E-state index in [1.807, 2.05) is 17.5 Å². The quantitative estimate of drug-likeness (QED) is 0.353. The van der Waals surface area contributed by atoms with Crippen LogP contribution < -0.4 is 9.47 Å². The van der Waals surface area contributed by atoms with Gasteiger partial charge in [-0.25, -0.2) is 0 Å². The first-order valence-corrected chi connectivity index (χ1v) is 10.6. The summed E-state index contributed by atoms with van der Waals surface area (Å²) in [6, 6.07) is 9.30. The summed E-state index contributed by atoms with van der Waals surface area (Å²) in [5.41, 5.74) is 0.679. The minimum absolute atomic E-state index is 0.0221. The maximum absolute atomic E-state index is 12.6. The zero-order valence-electron chi connectivity index (χ0n) is 16.2. The average Bonchev–Trinajstić information content (AvgIpc) is 3.43. The second-order valence-electron chi connectivity index (χ2n) is 5.91. The van der Waals surface area contributed by atoms with Crippen molar-refractivity contribution in [3.05, 3.63) is 53.2 Å². The van der Waals surface area contributed by atoms with Crippen molar-refractivity contribution in [2.24, 2.45) is 0 Å². The average molecular weight is 432 g/mol. The van der Waals surface area contributed by atoms with Gasteiger partial charge in [-0.15, -0.1) is 28.1 Å². The molecule has 2 heterocycles. The van der Waals surface area contributed by atoms with E-state index in [0.717, 1.165) is 4.88 Å². The van der Waals surface area contributed by atoms with Crippen LogP contribution in [0.1, 0.15) is 4.88 Å². The summed E-state index contributed by atoms with van der Waals surface area (Å²) in [6.07, 6.45) is 1.72. The highest BCUT2D eigenvalue weighted by Crippen LogP contribution is 2.30. The number of carbonyl (C=O) groups is 1. The Morgan fingerprint density at radius 1 is 1.28 bits per heavy atom. The third kappa shape index (κ3) is 5.61. The first kappa shape index (κ1) is 20.9. The van der Waals surface area contributed by atoms with Crippen LogP contribution in [0, 0.1) is 0 Å².